The number of anilines is 1. The second-order valence-electron chi connectivity index (χ2n) is 7.04. The monoisotopic (exact) mass is 426 g/mol. The Bertz CT molecular complexity index is 1100. The highest BCUT2D eigenvalue weighted by Gasteiger charge is 2.16. The van der Waals surface area contributed by atoms with E-state index in [-0.39, 0.29) is 11.4 Å². The van der Waals surface area contributed by atoms with E-state index < -0.39 is 11.8 Å². The Balaban J connectivity index is 1.52. The number of nitrogens with one attached hydrogen (secondary N) is 2. The number of rotatable bonds is 6. The molecule has 162 valence electrons. The van der Waals surface area contributed by atoms with Gasteiger partial charge in [0.1, 0.15) is 17.3 Å². The first-order valence-electron chi connectivity index (χ1n) is 9.88. The van der Waals surface area contributed by atoms with Gasteiger partial charge in [-0.15, -0.1) is 0 Å². The van der Waals surface area contributed by atoms with Crippen LogP contribution >= 0.6 is 0 Å². The van der Waals surface area contributed by atoms with E-state index in [2.05, 4.69) is 15.7 Å². The number of ether oxygens (including phenoxy) is 3. The van der Waals surface area contributed by atoms with Gasteiger partial charge in [0.2, 0.25) is 0 Å². The Labute approximate surface area is 178 Å². The van der Waals surface area contributed by atoms with Crippen LogP contribution in [0.5, 0.6) is 23.0 Å². The quantitative estimate of drug-likeness (QED) is 0.611. The molecule has 1 aliphatic rings. The molecule has 2 amide bonds. The number of carbonyl (C=O) groups excluding carboxylic acids is 1. The van der Waals surface area contributed by atoms with E-state index in [0.29, 0.717) is 28.2 Å². The maximum absolute atomic E-state index is 14.6. The van der Waals surface area contributed by atoms with E-state index in [1.165, 1.54) is 12.1 Å². The number of amides is 2. The van der Waals surface area contributed by atoms with E-state index in [1.54, 1.807) is 44.7 Å². The third-order valence-electron chi connectivity index (χ3n) is 4.99. The van der Waals surface area contributed by atoms with Crippen molar-refractivity contribution in [3.05, 3.63) is 48.4 Å². The van der Waals surface area contributed by atoms with Crippen molar-refractivity contribution in [3.63, 3.8) is 0 Å². The van der Waals surface area contributed by atoms with Crippen LogP contribution < -0.4 is 25.0 Å². The zero-order valence-corrected chi connectivity index (χ0v) is 17.3. The average Bonchev–Trinajstić information content (AvgIpc) is 3.27. The third-order valence-corrected chi connectivity index (χ3v) is 4.99. The lowest BCUT2D eigenvalue weighted by Gasteiger charge is -2.17. The van der Waals surface area contributed by atoms with Crippen LogP contribution in [0.25, 0.3) is 10.9 Å². The molecule has 4 rings (SSSR count). The average molecular weight is 426 g/mol. The molecule has 2 aromatic carbocycles. The molecular formula is C22H23FN4O4. The van der Waals surface area contributed by atoms with Gasteiger partial charge in [-0.1, -0.05) is 0 Å². The van der Waals surface area contributed by atoms with Gasteiger partial charge in [0.15, 0.2) is 11.5 Å². The van der Waals surface area contributed by atoms with Crippen LogP contribution in [-0.2, 0) is 0 Å². The predicted molar refractivity (Wildman–Crippen MR) is 114 cm³/mol. The number of hydrazine groups is 1. The van der Waals surface area contributed by atoms with E-state index in [9.17, 15) is 9.18 Å². The van der Waals surface area contributed by atoms with Gasteiger partial charge in [0.05, 0.1) is 25.4 Å². The number of nitrogens with zero attached hydrogens (tertiary/aromatic N) is 2. The minimum Gasteiger partial charge on any atom is -0.493 e. The largest absolute Gasteiger partial charge is 0.493 e. The van der Waals surface area contributed by atoms with Crippen molar-refractivity contribution < 1.29 is 23.4 Å². The van der Waals surface area contributed by atoms with Crippen molar-refractivity contribution in [3.8, 4) is 23.0 Å². The van der Waals surface area contributed by atoms with Gasteiger partial charge in [-0.3, -0.25) is 10.4 Å². The highest BCUT2D eigenvalue weighted by Crippen LogP contribution is 2.37. The topological polar surface area (TPSA) is 85.0 Å². The molecule has 0 radical (unpaired) electrons. The molecule has 0 spiro atoms. The zero-order chi connectivity index (χ0) is 21.8. The summed E-state index contributed by atoms with van der Waals surface area (Å²) in [5.41, 5.74) is 3.42. The first kappa shape index (κ1) is 20.7. The fourth-order valence-corrected chi connectivity index (χ4v) is 3.45. The molecule has 2 N–H and O–H groups in total. The fourth-order valence-electron chi connectivity index (χ4n) is 3.45. The fraction of sp³-hybridized carbons (Fsp3) is 0.273. The number of hydrogen-bond donors (Lipinski definition) is 2. The molecule has 8 nitrogen and oxygen atoms in total. The normalized spacial score (nSPS) is 13.8. The molecule has 1 fully saturated rings. The van der Waals surface area contributed by atoms with Crippen molar-refractivity contribution in [2.24, 2.45) is 0 Å². The highest BCUT2D eigenvalue weighted by atomic mass is 19.1. The first-order valence-corrected chi connectivity index (χ1v) is 9.88. The lowest BCUT2D eigenvalue weighted by molar-refractivity contribution is 0.209. The number of halogens is 1. The molecule has 0 bridgehead atoms. The number of hydrogen-bond acceptors (Lipinski definition) is 6. The predicted octanol–water partition coefficient (Wildman–Crippen LogP) is 4.32. The van der Waals surface area contributed by atoms with Crippen LogP contribution in [0.15, 0.2) is 42.6 Å². The minimum atomic E-state index is -0.605. The van der Waals surface area contributed by atoms with Crippen molar-refractivity contribution in [2.45, 2.75) is 12.8 Å². The van der Waals surface area contributed by atoms with Crippen molar-refractivity contribution in [2.75, 3.05) is 32.6 Å². The summed E-state index contributed by atoms with van der Waals surface area (Å²) < 4.78 is 31.1. The highest BCUT2D eigenvalue weighted by molar-refractivity contribution is 5.89. The summed E-state index contributed by atoms with van der Waals surface area (Å²) in [4.78, 5) is 16.4. The molecule has 2 heterocycles. The number of fused-ring (bicyclic) bond motifs is 1. The maximum Gasteiger partial charge on any atom is 0.333 e. The van der Waals surface area contributed by atoms with Gasteiger partial charge in [0.25, 0.3) is 0 Å². The van der Waals surface area contributed by atoms with Gasteiger partial charge < -0.3 is 19.5 Å². The SMILES string of the molecule is COc1cc2nccc(Oc3ccc(NC(=O)NN4CCCC4)c(F)c3)c2cc1OC. The van der Waals surface area contributed by atoms with Crippen molar-refractivity contribution in [1.82, 2.24) is 15.4 Å². The van der Waals surface area contributed by atoms with Gasteiger partial charge in [-0.25, -0.2) is 14.2 Å². The van der Waals surface area contributed by atoms with Gasteiger partial charge in [0, 0.05) is 36.8 Å². The van der Waals surface area contributed by atoms with Gasteiger partial charge in [-0.05, 0) is 37.1 Å². The number of pyridine rings is 1. The first-order chi connectivity index (χ1) is 15.1. The van der Waals surface area contributed by atoms with Crippen LogP contribution in [0.4, 0.5) is 14.9 Å². The molecule has 9 heteroatoms. The molecule has 0 aliphatic carbocycles. The van der Waals surface area contributed by atoms with Crippen molar-refractivity contribution >= 4 is 22.6 Å². The summed E-state index contributed by atoms with van der Waals surface area (Å²) in [6.45, 7) is 1.58. The molecule has 1 aromatic heterocycles. The van der Waals surface area contributed by atoms with Crippen molar-refractivity contribution in [1.29, 1.82) is 0 Å². The molecule has 1 aliphatic heterocycles. The Morgan fingerprint density at radius 2 is 1.77 bits per heavy atom. The maximum atomic E-state index is 14.6. The summed E-state index contributed by atoms with van der Waals surface area (Å²) in [5.74, 6) is 1.24. The van der Waals surface area contributed by atoms with Crippen LogP contribution in [-0.4, -0.2) is 43.3 Å². The number of carbonyl (C=O) groups is 1. The Kier molecular flexibility index (Phi) is 6.03. The van der Waals surface area contributed by atoms with Crippen LogP contribution in [0.1, 0.15) is 12.8 Å². The lowest BCUT2D eigenvalue weighted by Crippen LogP contribution is -2.42. The summed E-state index contributed by atoms with van der Waals surface area (Å²) in [6.07, 6.45) is 3.66. The second-order valence-corrected chi connectivity index (χ2v) is 7.04. The number of benzene rings is 2. The van der Waals surface area contributed by atoms with E-state index >= 15 is 0 Å². The molecule has 0 atom stereocenters. The van der Waals surface area contributed by atoms with E-state index in [4.69, 9.17) is 14.2 Å². The Hall–Kier alpha value is -3.59. The Morgan fingerprint density at radius 1 is 1.03 bits per heavy atom. The third kappa shape index (κ3) is 4.61. The summed E-state index contributed by atoms with van der Waals surface area (Å²) in [7, 11) is 3.09. The van der Waals surface area contributed by atoms with E-state index in [1.807, 2.05) is 5.01 Å². The molecule has 0 unspecified atom stereocenters. The number of methoxy groups -OCH3 is 2. The number of urea groups is 1. The molecular weight excluding hydrogens is 403 g/mol. The Morgan fingerprint density at radius 3 is 2.48 bits per heavy atom. The second kappa shape index (κ2) is 9.05. The number of aromatic nitrogens is 1. The van der Waals surface area contributed by atoms with E-state index in [0.717, 1.165) is 25.9 Å². The molecule has 0 saturated carbocycles. The summed E-state index contributed by atoms with van der Waals surface area (Å²) in [6, 6.07) is 8.97. The summed E-state index contributed by atoms with van der Waals surface area (Å²) >= 11 is 0. The van der Waals surface area contributed by atoms with Crippen LogP contribution in [0.3, 0.4) is 0 Å². The minimum absolute atomic E-state index is 0.0649. The molecule has 1 saturated heterocycles. The van der Waals surface area contributed by atoms with Gasteiger partial charge >= 0.3 is 6.03 Å². The lowest BCUT2D eigenvalue weighted by atomic mass is 10.2. The molecule has 31 heavy (non-hydrogen) atoms. The summed E-state index contributed by atoms with van der Waals surface area (Å²) in [5, 5.41) is 5.02. The smallest absolute Gasteiger partial charge is 0.333 e. The van der Waals surface area contributed by atoms with Crippen LogP contribution in [0, 0.1) is 5.82 Å². The standard InChI is InChI=1S/C22H23FN4O4/c1-29-20-12-15-18(13-21(20)30-2)24-8-7-19(15)31-14-5-6-17(16(23)11-14)25-22(28)26-27-9-3-4-10-27/h5-8,11-13H,3-4,9-10H2,1-2H3,(H2,25,26,28). The van der Waals surface area contributed by atoms with Gasteiger partial charge in [-0.2, -0.15) is 0 Å². The molecule has 3 aromatic rings. The van der Waals surface area contributed by atoms with Crippen LogP contribution in [0.2, 0.25) is 0 Å². The zero-order valence-electron chi connectivity index (χ0n) is 17.3.